The third-order valence-corrected chi connectivity index (χ3v) is 4.40. The van der Waals surface area contributed by atoms with Crippen molar-refractivity contribution in [3.63, 3.8) is 0 Å². The van der Waals surface area contributed by atoms with Gasteiger partial charge >= 0.3 is 5.97 Å². The zero-order valence-electron chi connectivity index (χ0n) is 12.6. The highest BCUT2D eigenvalue weighted by Crippen LogP contribution is 2.30. The molecule has 0 radical (unpaired) electrons. The van der Waals surface area contributed by atoms with Gasteiger partial charge in [0, 0.05) is 23.6 Å². The molecule has 0 saturated carbocycles. The van der Waals surface area contributed by atoms with E-state index in [1.807, 2.05) is 0 Å². The number of nitrogens with two attached hydrogens (primary N) is 1. The summed E-state index contributed by atoms with van der Waals surface area (Å²) in [5.41, 5.74) is 1.04. The van der Waals surface area contributed by atoms with E-state index in [1.165, 1.54) is 36.5 Å². The molecule has 2 aromatic rings. The van der Waals surface area contributed by atoms with Crippen LogP contribution < -0.4 is 15.8 Å². The first-order valence-electron chi connectivity index (χ1n) is 6.90. The van der Waals surface area contributed by atoms with Crippen molar-refractivity contribution in [1.82, 2.24) is 4.98 Å². The van der Waals surface area contributed by atoms with E-state index in [9.17, 15) is 18.0 Å². The Morgan fingerprint density at radius 3 is 2.56 bits per heavy atom. The summed E-state index contributed by atoms with van der Waals surface area (Å²) in [6, 6.07) is 6.96. The van der Waals surface area contributed by atoms with Gasteiger partial charge in [0.15, 0.2) is 0 Å². The Hall–Kier alpha value is -3.24. The normalized spacial score (nSPS) is 14.9. The number of hydrogen-bond acceptors (Lipinski definition) is 6. The summed E-state index contributed by atoms with van der Waals surface area (Å²) >= 11 is 0. The van der Waals surface area contributed by atoms with E-state index in [2.05, 4.69) is 15.6 Å². The van der Waals surface area contributed by atoms with Crippen LogP contribution in [0.15, 0.2) is 47.6 Å². The number of amides is 1. The van der Waals surface area contributed by atoms with Gasteiger partial charge in [-0.05, 0) is 30.3 Å². The lowest BCUT2D eigenvalue weighted by molar-refractivity contribution is -0.110. The first-order chi connectivity index (χ1) is 11.8. The molecular weight excluding hydrogens is 348 g/mol. The number of pyridine rings is 1. The number of aromatic nitrogens is 1. The van der Waals surface area contributed by atoms with Crippen LogP contribution in [0.25, 0.3) is 5.57 Å². The molecule has 0 atom stereocenters. The summed E-state index contributed by atoms with van der Waals surface area (Å²) < 4.78 is 22.4. The number of carboxylic acids is 1. The van der Waals surface area contributed by atoms with E-state index >= 15 is 0 Å². The standard InChI is InChI=1S/C15H12N4O5S/c16-25(23,24)10-3-1-9(2-4-10)17-7-12-11-5-8(15(21)22)6-18-13(11)19-14(12)20/h1-7,17H,(H,21,22)(H2,16,23,24)(H,18,19,20). The molecule has 2 heterocycles. The van der Waals surface area contributed by atoms with E-state index in [0.717, 1.165) is 6.20 Å². The molecule has 0 unspecified atom stereocenters. The topological polar surface area (TPSA) is 151 Å². The van der Waals surface area contributed by atoms with E-state index in [-0.39, 0.29) is 21.8 Å². The van der Waals surface area contributed by atoms with Crippen LogP contribution in [0.2, 0.25) is 0 Å². The van der Waals surface area contributed by atoms with Crippen molar-refractivity contribution in [1.29, 1.82) is 0 Å². The number of nitrogens with one attached hydrogen (secondary N) is 2. The van der Waals surface area contributed by atoms with Crippen LogP contribution in [0.5, 0.6) is 0 Å². The van der Waals surface area contributed by atoms with E-state index in [0.29, 0.717) is 11.3 Å². The van der Waals surface area contributed by atoms with Crippen molar-refractivity contribution in [3.8, 4) is 0 Å². The first-order valence-corrected chi connectivity index (χ1v) is 8.45. The number of benzene rings is 1. The van der Waals surface area contributed by atoms with Gasteiger partial charge < -0.3 is 15.7 Å². The van der Waals surface area contributed by atoms with Crippen molar-refractivity contribution in [3.05, 3.63) is 53.9 Å². The monoisotopic (exact) mass is 360 g/mol. The molecule has 0 bridgehead atoms. The Kier molecular flexibility index (Phi) is 3.99. The van der Waals surface area contributed by atoms with Crippen LogP contribution in [0.1, 0.15) is 15.9 Å². The molecule has 1 aliphatic heterocycles. The molecule has 1 amide bonds. The highest BCUT2D eigenvalue weighted by molar-refractivity contribution is 7.89. The number of fused-ring (bicyclic) bond motifs is 1. The summed E-state index contributed by atoms with van der Waals surface area (Å²) in [5, 5.41) is 19.4. The highest BCUT2D eigenvalue weighted by atomic mass is 32.2. The number of carbonyl (C=O) groups is 2. The molecule has 1 aliphatic rings. The Morgan fingerprint density at radius 1 is 1.28 bits per heavy atom. The molecule has 1 aromatic heterocycles. The second-order valence-electron chi connectivity index (χ2n) is 5.15. The van der Waals surface area contributed by atoms with Crippen molar-refractivity contribution >= 4 is 39.0 Å². The van der Waals surface area contributed by atoms with Crippen molar-refractivity contribution in [2.24, 2.45) is 5.14 Å². The molecule has 5 N–H and O–H groups in total. The van der Waals surface area contributed by atoms with Crippen LogP contribution in [-0.2, 0) is 14.8 Å². The maximum Gasteiger partial charge on any atom is 0.337 e. The summed E-state index contributed by atoms with van der Waals surface area (Å²) in [6.07, 6.45) is 2.55. The lowest BCUT2D eigenvalue weighted by Gasteiger charge is -2.04. The molecule has 25 heavy (non-hydrogen) atoms. The summed E-state index contributed by atoms with van der Waals surface area (Å²) in [5.74, 6) is -1.31. The van der Waals surface area contributed by atoms with Crippen molar-refractivity contribution in [2.75, 3.05) is 10.6 Å². The minimum atomic E-state index is -3.78. The fraction of sp³-hybridized carbons (Fsp3) is 0. The number of nitrogens with zero attached hydrogens (tertiary/aromatic N) is 1. The fourth-order valence-electron chi connectivity index (χ4n) is 2.22. The quantitative estimate of drug-likeness (QED) is 0.589. The fourth-order valence-corrected chi connectivity index (χ4v) is 2.74. The van der Waals surface area contributed by atoms with Gasteiger partial charge in [-0.15, -0.1) is 0 Å². The third kappa shape index (κ3) is 3.34. The molecule has 9 nitrogen and oxygen atoms in total. The Morgan fingerprint density at radius 2 is 1.96 bits per heavy atom. The minimum Gasteiger partial charge on any atom is -0.478 e. The largest absolute Gasteiger partial charge is 0.478 e. The minimum absolute atomic E-state index is 0.0371. The number of rotatable bonds is 4. The molecular formula is C15H12N4O5S. The smallest absolute Gasteiger partial charge is 0.337 e. The van der Waals surface area contributed by atoms with E-state index < -0.39 is 21.9 Å². The Labute approximate surface area is 142 Å². The number of aromatic carboxylic acids is 1. The lowest BCUT2D eigenvalue weighted by atomic mass is 10.1. The molecule has 0 saturated heterocycles. The van der Waals surface area contributed by atoms with E-state index in [1.54, 1.807) is 0 Å². The average molecular weight is 360 g/mol. The predicted molar refractivity (Wildman–Crippen MR) is 89.2 cm³/mol. The van der Waals surface area contributed by atoms with Gasteiger partial charge in [0.1, 0.15) is 5.82 Å². The molecule has 1 aromatic carbocycles. The molecule has 128 valence electrons. The van der Waals surface area contributed by atoms with Gasteiger partial charge in [0.05, 0.1) is 16.0 Å². The second kappa shape index (κ2) is 6.00. The zero-order valence-corrected chi connectivity index (χ0v) is 13.4. The van der Waals surface area contributed by atoms with Crippen LogP contribution in [0, 0.1) is 0 Å². The number of carbonyl (C=O) groups excluding carboxylic acids is 1. The van der Waals surface area contributed by atoms with Gasteiger partial charge in [0.2, 0.25) is 10.0 Å². The van der Waals surface area contributed by atoms with Crippen LogP contribution >= 0.6 is 0 Å². The third-order valence-electron chi connectivity index (χ3n) is 3.47. The molecule has 10 heteroatoms. The first kappa shape index (κ1) is 16.6. The summed E-state index contributed by atoms with van der Waals surface area (Å²) in [4.78, 5) is 26.9. The lowest BCUT2D eigenvalue weighted by Crippen LogP contribution is -2.11. The van der Waals surface area contributed by atoms with Crippen molar-refractivity contribution < 1.29 is 23.1 Å². The van der Waals surface area contributed by atoms with Crippen LogP contribution in [0.4, 0.5) is 11.5 Å². The van der Waals surface area contributed by atoms with Crippen LogP contribution in [-0.4, -0.2) is 30.4 Å². The van der Waals surface area contributed by atoms with E-state index in [4.69, 9.17) is 10.2 Å². The Balaban J connectivity index is 1.89. The van der Waals surface area contributed by atoms with Gasteiger partial charge in [0.25, 0.3) is 5.91 Å². The number of anilines is 2. The number of primary sulfonamides is 1. The molecule has 0 fully saturated rings. The molecule has 0 aliphatic carbocycles. The summed E-state index contributed by atoms with van der Waals surface area (Å²) in [7, 11) is -3.78. The highest BCUT2D eigenvalue weighted by Gasteiger charge is 2.26. The second-order valence-corrected chi connectivity index (χ2v) is 6.71. The number of sulfonamides is 1. The van der Waals surface area contributed by atoms with Gasteiger partial charge in [-0.25, -0.2) is 23.3 Å². The van der Waals surface area contributed by atoms with Gasteiger partial charge in [-0.2, -0.15) is 0 Å². The average Bonchev–Trinajstić information content (AvgIpc) is 2.87. The SMILES string of the molecule is NS(=O)(=O)c1ccc(NC=C2C(=O)Nc3ncc(C(=O)O)cc32)cc1. The van der Waals surface area contributed by atoms with Crippen LogP contribution in [0.3, 0.4) is 0 Å². The van der Waals surface area contributed by atoms with Gasteiger partial charge in [-0.1, -0.05) is 0 Å². The Bertz CT molecular complexity index is 1010. The summed E-state index contributed by atoms with van der Waals surface area (Å²) in [6.45, 7) is 0. The maximum atomic E-state index is 12.0. The number of hydrogen-bond donors (Lipinski definition) is 4. The van der Waals surface area contributed by atoms with Gasteiger partial charge in [-0.3, -0.25) is 4.79 Å². The molecule has 3 rings (SSSR count). The predicted octanol–water partition coefficient (Wildman–Crippen LogP) is 0.832. The molecule has 0 spiro atoms. The van der Waals surface area contributed by atoms with Crippen molar-refractivity contribution in [2.45, 2.75) is 4.90 Å². The zero-order chi connectivity index (χ0) is 18.2. The number of carboxylic acid groups (broad SMARTS) is 1. The maximum absolute atomic E-state index is 12.0.